The Morgan fingerprint density at radius 3 is 2.88 bits per heavy atom. The second kappa shape index (κ2) is 4.76. The molecule has 0 saturated heterocycles. The van der Waals surface area contributed by atoms with Gasteiger partial charge in [0, 0.05) is 11.4 Å². The van der Waals surface area contributed by atoms with Crippen LogP contribution in [0.3, 0.4) is 0 Å². The molecular weight excluding hydrogens is 224 g/mol. The zero-order chi connectivity index (χ0) is 11.4. The monoisotopic (exact) mass is 234 g/mol. The lowest BCUT2D eigenvalue weighted by Crippen LogP contribution is -2.10. The van der Waals surface area contributed by atoms with E-state index in [1.54, 1.807) is 36.9 Å². The van der Waals surface area contributed by atoms with E-state index in [9.17, 15) is 4.79 Å². The van der Waals surface area contributed by atoms with Crippen molar-refractivity contribution in [1.82, 2.24) is 4.98 Å². The number of hydrogen-bond donors (Lipinski definition) is 1. The van der Waals surface area contributed by atoms with E-state index in [2.05, 4.69) is 10.3 Å². The van der Waals surface area contributed by atoms with E-state index >= 15 is 0 Å². The third-order valence-corrected chi connectivity index (χ3v) is 2.67. The first-order valence-corrected chi connectivity index (χ1v) is 5.57. The van der Waals surface area contributed by atoms with Gasteiger partial charge < -0.3 is 10.1 Å². The standard InChI is InChI=1S/C11H10N2O2S/c1-15-10-3-2-9(6-12-10)13-11(14)8-4-5-16-7-8/h2-7H,1H3,(H,13,14). The average Bonchev–Trinajstić information content (AvgIpc) is 2.83. The van der Waals surface area contributed by atoms with Crippen LogP contribution in [0.5, 0.6) is 5.88 Å². The Bertz CT molecular complexity index is 465. The summed E-state index contributed by atoms with van der Waals surface area (Å²) in [6.45, 7) is 0. The number of amides is 1. The lowest BCUT2D eigenvalue weighted by molar-refractivity contribution is 0.102. The van der Waals surface area contributed by atoms with E-state index in [4.69, 9.17) is 4.74 Å². The Morgan fingerprint density at radius 2 is 2.31 bits per heavy atom. The molecule has 0 saturated carbocycles. The molecule has 0 atom stereocenters. The fourth-order valence-electron chi connectivity index (χ4n) is 1.17. The second-order valence-corrected chi connectivity index (χ2v) is 3.84. The highest BCUT2D eigenvalue weighted by molar-refractivity contribution is 7.08. The molecule has 0 aliphatic heterocycles. The number of methoxy groups -OCH3 is 1. The average molecular weight is 234 g/mol. The molecule has 1 amide bonds. The summed E-state index contributed by atoms with van der Waals surface area (Å²) in [4.78, 5) is 15.7. The van der Waals surface area contributed by atoms with Crippen LogP contribution in [-0.4, -0.2) is 18.0 Å². The Hall–Kier alpha value is -1.88. The van der Waals surface area contributed by atoms with Crippen LogP contribution in [0.15, 0.2) is 35.2 Å². The summed E-state index contributed by atoms with van der Waals surface area (Å²) in [5.41, 5.74) is 1.30. The molecule has 0 unspecified atom stereocenters. The lowest BCUT2D eigenvalue weighted by atomic mass is 10.3. The molecule has 0 aliphatic carbocycles. The van der Waals surface area contributed by atoms with Crippen molar-refractivity contribution in [2.75, 3.05) is 12.4 Å². The quantitative estimate of drug-likeness (QED) is 0.887. The van der Waals surface area contributed by atoms with E-state index < -0.39 is 0 Å². The Morgan fingerprint density at radius 1 is 1.44 bits per heavy atom. The molecule has 0 fully saturated rings. The van der Waals surface area contributed by atoms with Crippen molar-refractivity contribution in [2.24, 2.45) is 0 Å². The number of aromatic nitrogens is 1. The number of hydrogen-bond acceptors (Lipinski definition) is 4. The minimum absolute atomic E-state index is 0.131. The van der Waals surface area contributed by atoms with Crippen LogP contribution in [-0.2, 0) is 0 Å². The van der Waals surface area contributed by atoms with E-state index in [1.807, 2.05) is 5.38 Å². The zero-order valence-corrected chi connectivity index (χ0v) is 9.45. The van der Waals surface area contributed by atoms with Crippen molar-refractivity contribution in [3.8, 4) is 5.88 Å². The summed E-state index contributed by atoms with van der Waals surface area (Å²) in [7, 11) is 1.55. The zero-order valence-electron chi connectivity index (χ0n) is 8.64. The minimum Gasteiger partial charge on any atom is -0.481 e. The molecule has 0 spiro atoms. The lowest BCUT2D eigenvalue weighted by Gasteiger charge is -2.03. The predicted molar refractivity (Wildman–Crippen MR) is 63.1 cm³/mol. The van der Waals surface area contributed by atoms with Crippen LogP contribution in [0, 0.1) is 0 Å². The van der Waals surface area contributed by atoms with Gasteiger partial charge in [-0.25, -0.2) is 4.98 Å². The van der Waals surface area contributed by atoms with Crippen LogP contribution in [0.4, 0.5) is 5.69 Å². The molecule has 4 nitrogen and oxygen atoms in total. The van der Waals surface area contributed by atoms with E-state index in [1.165, 1.54) is 11.3 Å². The van der Waals surface area contributed by atoms with Crippen LogP contribution >= 0.6 is 11.3 Å². The van der Waals surface area contributed by atoms with Crippen molar-refractivity contribution in [3.63, 3.8) is 0 Å². The molecule has 2 aromatic heterocycles. The predicted octanol–water partition coefficient (Wildman–Crippen LogP) is 2.40. The van der Waals surface area contributed by atoms with Crippen LogP contribution in [0.1, 0.15) is 10.4 Å². The van der Waals surface area contributed by atoms with Gasteiger partial charge in [0.05, 0.1) is 24.6 Å². The highest BCUT2D eigenvalue weighted by atomic mass is 32.1. The van der Waals surface area contributed by atoms with Gasteiger partial charge in [-0.2, -0.15) is 11.3 Å². The third kappa shape index (κ3) is 2.38. The number of anilines is 1. The fraction of sp³-hybridized carbons (Fsp3) is 0.0909. The van der Waals surface area contributed by atoms with Gasteiger partial charge in [-0.3, -0.25) is 4.79 Å². The van der Waals surface area contributed by atoms with E-state index in [-0.39, 0.29) is 5.91 Å². The number of pyridine rings is 1. The number of thiophene rings is 1. The first-order valence-electron chi connectivity index (χ1n) is 4.63. The molecule has 0 radical (unpaired) electrons. The summed E-state index contributed by atoms with van der Waals surface area (Å²) in [6.07, 6.45) is 1.56. The molecule has 0 aromatic carbocycles. The maximum Gasteiger partial charge on any atom is 0.256 e. The van der Waals surface area contributed by atoms with Gasteiger partial charge in [0.1, 0.15) is 0 Å². The van der Waals surface area contributed by atoms with Gasteiger partial charge in [0.25, 0.3) is 5.91 Å². The molecule has 82 valence electrons. The Labute approximate surface area is 96.9 Å². The molecule has 16 heavy (non-hydrogen) atoms. The molecule has 2 heterocycles. The van der Waals surface area contributed by atoms with Gasteiger partial charge in [-0.1, -0.05) is 0 Å². The largest absolute Gasteiger partial charge is 0.481 e. The fourth-order valence-corrected chi connectivity index (χ4v) is 1.81. The summed E-state index contributed by atoms with van der Waals surface area (Å²) in [5, 5.41) is 6.41. The van der Waals surface area contributed by atoms with Crippen molar-refractivity contribution < 1.29 is 9.53 Å². The smallest absolute Gasteiger partial charge is 0.256 e. The number of carbonyl (C=O) groups is 1. The normalized spacial score (nSPS) is 9.81. The number of rotatable bonds is 3. The van der Waals surface area contributed by atoms with Crippen molar-refractivity contribution >= 4 is 22.9 Å². The SMILES string of the molecule is COc1ccc(NC(=O)c2ccsc2)cn1. The van der Waals surface area contributed by atoms with Gasteiger partial charge in [0.15, 0.2) is 0 Å². The van der Waals surface area contributed by atoms with Crippen LogP contribution < -0.4 is 10.1 Å². The number of nitrogens with one attached hydrogen (secondary N) is 1. The minimum atomic E-state index is -0.131. The molecule has 2 aromatic rings. The van der Waals surface area contributed by atoms with Crippen LogP contribution in [0.25, 0.3) is 0 Å². The summed E-state index contributed by atoms with van der Waals surface area (Å²) < 4.78 is 4.92. The first kappa shape index (κ1) is 10.6. The number of carbonyl (C=O) groups excluding carboxylic acids is 1. The maximum atomic E-state index is 11.7. The maximum absolute atomic E-state index is 11.7. The molecule has 0 aliphatic rings. The first-order chi connectivity index (χ1) is 7.79. The van der Waals surface area contributed by atoms with Crippen molar-refractivity contribution in [3.05, 3.63) is 40.7 Å². The van der Waals surface area contributed by atoms with Gasteiger partial charge >= 0.3 is 0 Å². The Balaban J connectivity index is 2.06. The number of ether oxygens (including phenoxy) is 1. The summed E-state index contributed by atoms with van der Waals surface area (Å²) in [6, 6.07) is 5.22. The summed E-state index contributed by atoms with van der Waals surface area (Å²) >= 11 is 1.49. The molecule has 5 heteroatoms. The Kier molecular flexibility index (Phi) is 3.16. The second-order valence-electron chi connectivity index (χ2n) is 3.06. The van der Waals surface area contributed by atoms with Gasteiger partial charge in [-0.05, 0) is 17.5 Å². The van der Waals surface area contributed by atoms with Crippen LogP contribution in [0.2, 0.25) is 0 Å². The van der Waals surface area contributed by atoms with E-state index in [0.29, 0.717) is 17.1 Å². The molecule has 0 bridgehead atoms. The van der Waals surface area contributed by atoms with Crippen molar-refractivity contribution in [2.45, 2.75) is 0 Å². The van der Waals surface area contributed by atoms with Gasteiger partial charge in [-0.15, -0.1) is 0 Å². The topological polar surface area (TPSA) is 51.2 Å². The highest BCUT2D eigenvalue weighted by Crippen LogP contribution is 2.13. The molecule has 1 N–H and O–H groups in total. The summed E-state index contributed by atoms with van der Waals surface area (Å²) in [5.74, 6) is 0.391. The number of nitrogens with zero attached hydrogens (tertiary/aromatic N) is 1. The van der Waals surface area contributed by atoms with E-state index in [0.717, 1.165) is 0 Å². The van der Waals surface area contributed by atoms with Crippen molar-refractivity contribution in [1.29, 1.82) is 0 Å². The third-order valence-electron chi connectivity index (χ3n) is 1.99. The molecule has 2 rings (SSSR count). The highest BCUT2D eigenvalue weighted by Gasteiger charge is 2.06. The molecular formula is C11H10N2O2S. The van der Waals surface area contributed by atoms with Gasteiger partial charge in [0.2, 0.25) is 5.88 Å².